The third kappa shape index (κ3) is 4.63. The zero-order chi connectivity index (χ0) is 8.15. The van der Waals surface area contributed by atoms with Gasteiger partial charge in [-0.3, -0.25) is 10.1 Å². The molecule has 0 saturated heterocycles. The third-order valence-corrected chi connectivity index (χ3v) is 0.591. The first-order chi connectivity index (χ1) is 4.52. The second-order valence-electron chi connectivity index (χ2n) is 1.63. The summed E-state index contributed by atoms with van der Waals surface area (Å²) in [5.74, 6) is -0.911. The van der Waals surface area contributed by atoms with Crippen molar-refractivity contribution in [2.75, 3.05) is 0 Å². The van der Waals surface area contributed by atoms with E-state index in [2.05, 4.69) is 5.73 Å². The highest BCUT2D eigenvalue weighted by atomic mass is 16.3. The number of aliphatic hydroxyl groups is 1. The van der Waals surface area contributed by atoms with Crippen molar-refractivity contribution in [2.45, 2.75) is 6.92 Å². The number of hydrogen-bond acceptors (Lipinski definition) is 3. The number of carbonyl (C=O) groups excluding carboxylic acids is 2. The van der Waals surface area contributed by atoms with Crippen LogP contribution in [0.3, 0.4) is 0 Å². The summed E-state index contributed by atoms with van der Waals surface area (Å²) in [7, 11) is 0. The van der Waals surface area contributed by atoms with Crippen molar-refractivity contribution in [3.05, 3.63) is 12.0 Å². The number of aliphatic hydroxyl groups excluding tert-OH is 1. The van der Waals surface area contributed by atoms with E-state index in [1.54, 1.807) is 0 Å². The molecule has 2 amide bonds. The molecule has 0 spiro atoms. The minimum atomic E-state index is -0.907. The Morgan fingerprint density at radius 3 is 2.40 bits per heavy atom. The van der Waals surface area contributed by atoms with Crippen molar-refractivity contribution in [2.24, 2.45) is 5.73 Å². The lowest BCUT2D eigenvalue weighted by atomic mass is 10.4. The Balaban J connectivity index is 3.95. The number of rotatable bonds is 2. The topological polar surface area (TPSA) is 92.4 Å². The molecule has 0 aromatic carbocycles. The number of urea groups is 1. The van der Waals surface area contributed by atoms with Crippen LogP contribution in [0.1, 0.15) is 6.92 Å². The predicted molar refractivity (Wildman–Crippen MR) is 34.1 cm³/mol. The van der Waals surface area contributed by atoms with Crippen molar-refractivity contribution in [1.82, 2.24) is 5.32 Å². The van der Waals surface area contributed by atoms with Gasteiger partial charge in [-0.15, -0.1) is 0 Å². The standard InChI is InChI=1S/C5H8N2O3/c1-3(8)2-4(9)7-5(6)10/h2,9H,1H3,(H3,6,7,10)/b4-2+. The van der Waals surface area contributed by atoms with Gasteiger partial charge in [0, 0.05) is 6.08 Å². The maximum atomic E-state index is 10.2. The van der Waals surface area contributed by atoms with E-state index in [0.717, 1.165) is 6.08 Å². The summed E-state index contributed by atoms with van der Waals surface area (Å²) in [5, 5.41) is 10.4. The van der Waals surface area contributed by atoms with Gasteiger partial charge in [0.05, 0.1) is 0 Å². The van der Waals surface area contributed by atoms with Gasteiger partial charge in [0.1, 0.15) is 0 Å². The van der Waals surface area contributed by atoms with Gasteiger partial charge in [-0.1, -0.05) is 0 Å². The molecule has 5 nitrogen and oxygen atoms in total. The van der Waals surface area contributed by atoms with E-state index in [1.807, 2.05) is 5.32 Å². The van der Waals surface area contributed by atoms with Crippen LogP contribution in [-0.2, 0) is 4.79 Å². The van der Waals surface area contributed by atoms with Crippen LogP contribution in [0.4, 0.5) is 4.79 Å². The highest BCUT2D eigenvalue weighted by molar-refractivity contribution is 5.88. The van der Waals surface area contributed by atoms with Crippen LogP contribution >= 0.6 is 0 Å². The summed E-state index contributed by atoms with van der Waals surface area (Å²) in [5.41, 5.74) is 4.61. The number of hydrogen-bond donors (Lipinski definition) is 3. The molecule has 0 rings (SSSR count). The Bertz CT molecular complexity index is 185. The third-order valence-electron chi connectivity index (χ3n) is 0.591. The van der Waals surface area contributed by atoms with Gasteiger partial charge in [-0.05, 0) is 6.92 Å². The average molecular weight is 144 g/mol. The van der Waals surface area contributed by atoms with E-state index >= 15 is 0 Å². The summed E-state index contributed by atoms with van der Waals surface area (Å²) < 4.78 is 0. The summed E-state index contributed by atoms with van der Waals surface area (Å²) in [6, 6.07) is -0.907. The molecule has 0 bridgehead atoms. The first-order valence-electron chi connectivity index (χ1n) is 2.50. The van der Waals surface area contributed by atoms with Crippen LogP contribution in [0.5, 0.6) is 0 Å². The minimum absolute atomic E-state index is 0.369. The van der Waals surface area contributed by atoms with Crippen molar-refractivity contribution in [3.8, 4) is 0 Å². The molecule has 0 unspecified atom stereocenters. The molecule has 0 aromatic rings. The lowest BCUT2D eigenvalue weighted by Crippen LogP contribution is -2.28. The molecule has 0 atom stereocenters. The SMILES string of the molecule is CC(=O)/C=C(/O)NC(N)=O. The van der Waals surface area contributed by atoms with Crippen molar-refractivity contribution < 1.29 is 14.7 Å². The second kappa shape index (κ2) is 3.49. The van der Waals surface area contributed by atoms with Crippen LogP contribution in [0.15, 0.2) is 12.0 Å². The van der Waals surface area contributed by atoms with Gasteiger partial charge in [0.15, 0.2) is 11.7 Å². The Labute approximate surface area is 57.5 Å². The van der Waals surface area contributed by atoms with Gasteiger partial charge in [-0.2, -0.15) is 0 Å². The Hall–Kier alpha value is -1.52. The van der Waals surface area contributed by atoms with Crippen molar-refractivity contribution in [3.63, 3.8) is 0 Å². The second-order valence-corrected chi connectivity index (χ2v) is 1.63. The van der Waals surface area contributed by atoms with Gasteiger partial charge in [0.25, 0.3) is 0 Å². The number of amides is 2. The molecule has 0 heterocycles. The number of primary amides is 1. The molecule has 0 aliphatic heterocycles. The molecule has 0 aromatic heterocycles. The summed E-state index contributed by atoms with van der Waals surface area (Å²) >= 11 is 0. The van der Waals surface area contributed by atoms with Crippen LogP contribution in [0, 0.1) is 0 Å². The number of nitrogens with one attached hydrogen (secondary N) is 1. The van der Waals surface area contributed by atoms with E-state index < -0.39 is 11.9 Å². The van der Waals surface area contributed by atoms with E-state index in [4.69, 9.17) is 5.11 Å². The lowest BCUT2D eigenvalue weighted by Gasteiger charge is -1.96. The number of nitrogens with two attached hydrogens (primary N) is 1. The molecule has 0 radical (unpaired) electrons. The zero-order valence-corrected chi connectivity index (χ0v) is 5.42. The maximum absolute atomic E-state index is 10.2. The van der Waals surface area contributed by atoms with Crippen LogP contribution in [0.25, 0.3) is 0 Å². The van der Waals surface area contributed by atoms with E-state index in [9.17, 15) is 9.59 Å². The highest BCUT2D eigenvalue weighted by Crippen LogP contribution is 1.81. The molecule has 4 N–H and O–H groups in total. The van der Waals surface area contributed by atoms with Crippen LogP contribution < -0.4 is 11.1 Å². The lowest BCUT2D eigenvalue weighted by molar-refractivity contribution is -0.112. The quantitative estimate of drug-likeness (QED) is 0.365. The van der Waals surface area contributed by atoms with Crippen molar-refractivity contribution >= 4 is 11.8 Å². The zero-order valence-electron chi connectivity index (χ0n) is 5.42. The normalized spacial score (nSPS) is 10.7. The summed E-state index contributed by atoms with van der Waals surface area (Å²) in [6.45, 7) is 1.24. The van der Waals surface area contributed by atoms with Gasteiger partial charge < -0.3 is 10.8 Å². The Morgan fingerprint density at radius 2 is 2.10 bits per heavy atom. The number of carbonyl (C=O) groups is 2. The summed E-state index contributed by atoms with van der Waals surface area (Å²) in [6.07, 6.45) is 0.852. The average Bonchev–Trinajstić information content (AvgIpc) is 1.58. The first kappa shape index (κ1) is 8.48. The molecule has 0 aliphatic carbocycles. The Morgan fingerprint density at radius 1 is 1.60 bits per heavy atom. The minimum Gasteiger partial charge on any atom is -0.494 e. The smallest absolute Gasteiger partial charge is 0.318 e. The van der Waals surface area contributed by atoms with Gasteiger partial charge in [-0.25, -0.2) is 4.79 Å². The molecule has 0 saturated carbocycles. The maximum Gasteiger partial charge on any atom is 0.318 e. The fraction of sp³-hybridized carbons (Fsp3) is 0.200. The fourth-order valence-electron chi connectivity index (χ4n) is 0.355. The molecular weight excluding hydrogens is 136 g/mol. The van der Waals surface area contributed by atoms with Crippen molar-refractivity contribution in [1.29, 1.82) is 0 Å². The van der Waals surface area contributed by atoms with E-state index in [-0.39, 0.29) is 5.78 Å². The first-order valence-corrected chi connectivity index (χ1v) is 2.50. The van der Waals surface area contributed by atoms with Gasteiger partial charge in [0.2, 0.25) is 0 Å². The Kier molecular flexibility index (Phi) is 2.96. The van der Waals surface area contributed by atoms with E-state index in [0.29, 0.717) is 0 Å². The van der Waals surface area contributed by atoms with E-state index in [1.165, 1.54) is 6.92 Å². The fourth-order valence-corrected chi connectivity index (χ4v) is 0.355. The molecule has 0 aliphatic rings. The van der Waals surface area contributed by atoms with Crippen LogP contribution in [0.2, 0.25) is 0 Å². The monoisotopic (exact) mass is 144 g/mol. The number of ketones is 1. The van der Waals surface area contributed by atoms with Crippen LogP contribution in [-0.4, -0.2) is 16.9 Å². The highest BCUT2D eigenvalue weighted by Gasteiger charge is 1.96. The molecule has 56 valence electrons. The van der Waals surface area contributed by atoms with Gasteiger partial charge >= 0.3 is 6.03 Å². The largest absolute Gasteiger partial charge is 0.494 e. The molecule has 0 fully saturated rings. The molecular formula is C5H8N2O3. The summed E-state index contributed by atoms with van der Waals surface area (Å²) in [4.78, 5) is 20.2. The molecule has 5 heteroatoms. The number of allylic oxidation sites excluding steroid dienone is 1. The predicted octanol–water partition coefficient (Wildman–Crippen LogP) is -0.357. The molecule has 10 heavy (non-hydrogen) atoms.